The van der Waals surface area contributed by atoms with Crippen LogP contribution in [0.1, 0.15) is 13.3 Å². The molecule has 0 aromatic heterocycles. The Morgan fingerprint density at radius 2 is 2.00 bits per heavy atom. The van der Waals surface area contributed by atoms with Crippen molar-refractivity contribution in [3.05, 3.63) is 0 Å². The van der Waals surface area contributed by atoms with Crippen molar-refractivity contribution in [1.82, 2.24) is 5.32 Å². The molecular weight excluding hydrogens is 209 g/mol. The van der Waals surface area contributed by atoms with Crippen LogP contribution in [0, 0.1) is 0 Å². The first-order valence-corrected chi connectivity index (χ1v) is 4.72. The fourth-order valence-corrected chi connectivity index (χ4v) is 1.03. The zero-order chi connectivity index (χ0) is 8.91. The Balaban J connectivity index is 0. The first kappa shape index (κ1) is 15.5. The van der Waals surface area contributed by atoms with Gasteiger partial charge >= 0.3 is 0 Å². The second-order valence-corrected chi connectivity index (χ2v) is 3.69. The van der Waals surface area contributed by atoms with E-state index in [0.29, 0.717) is 0 Å². The molecule has 0 saturated carbocycles. The number of amides is 1. The van der Waals surface area contributed by atoms with Gasteiger partial charge in [-0.15, -0.1) is 0 Å². The maximum Gasteiger partial charge on any atom is 0.264 e. The third kappa shape index (κ3) is 13.6. The van der Waals surface area contributed by atoms with Crippen LogP contribution in [0.15, 0.2) is 0 Å². The van der Waals surface area contributed by atoms with Crippen LogP contribution in [0.25, 0.3) is 0 Å². The molecule has 0 aliphatic rings. The molecule has 0 saturated heterocycles. The van der Waals surface area contributed by atoms with Crippen molar-refractivity contribution in [1.29, 1.82) is 0 Å². The Labute approximate surface area is 114 Å². The monoisotopic (exact) mass is 220 g/mol. The Morgan fingerprint density at radius 1 is 1.50 bits per heavy atom. The minimum atomic E-state index is -3.87. The SMILES string of the molecule is CC(=O)NCCCS(=O)(=O)O.[K]. The average Bonchev–Trinajstić information content (AvgIpc) is 1.78. The van der Waals surface area contributed by atoms with E-state index in [9.17, 15) is 13.2 Å². The topological polar surface area (TPSA) is 83.5 Å². The second kappa shape index (κ2) is 7.42. The molecule has 5 nitrogen and oxygen atoms in total. The summed E-state index contributed by atoms with van der Waals surface area (Å²) >= 11 is 0. The Hall–Kier alpha value is 1.02. The van der Waals surface area contributed by atoms with Crippen molar-refractivity contribution < 1.29 is 17.8 Å². The van der Waals surface area contributed by atoms with Gasteiger partial charge in [0.1, 0.15) is 0 Å². The van der Waals surface area contributed by atoms with E-state index < -0.39 is 10.1 Å². The molecule has 1 amide bonds. The molecule has 0 spiro atoms. The Morgan fingerprint density at radius 3 is 2.33 bits per heavy atom. The van der Waals surface area contributed by atoms with Gasteiger partial charge in [0.25, 0.3) is 10.1 Å². The van der Waals surface area contributed by atoms with Gasteiger partial charge in [-0.25, -0.2) is 0 Å². The number of hydrogen-bond acceptors (Lipinski definition) is 3. The quantitative estimate of drug-likeness (QED) is 0.362. The first-order chi connectivity index (χ1) is 4.92. The maximum atomic E-state index is 10.2. The fraction of sp³-hybridized carbons (Fsp3) is 0.800. The molecule has 0 atom stereocenters. The second-order valence-electron chi connectivity index (χ2n) is 2.12. The van der Waals surface area contributed by atoms with Crippen molar-refractivity contribution in [3.8, 4) is 0 Å². The molecule has 12 heavy (non-hydrogen) atoms. The first-order valence-electron chi connectivity index (χ1n) is 3.11. The summed E-state index contributed by atoms with van der Waals surface area (Å²) in [7, 11) is -3.87. The van der Waals surface area contributed by atoms with E-state index in [0.717, 1.165) is 0 Å². The summed E-state index contributed by atoms with van der Waals surface area (Å²) in [5.74, 6) is -0.520. The minimum Gasteiger partial charge on any atom is -0.356 e. The van der Waals surface area contributed by atoms with Crippen LogP contribution in [-0.2, 0) is 14.9 Å². The van der Waals surface area contributed by atoms with E-state index in [2.05, 4.69) is 5.32 Å². The molecule has 0 aromatic rings. The van der Waals surface area contributed by atoms with Crippen molar-refractivity contribution in [2.24, 2.45) is 0 Å². The van der Waals surface area contributed by atoms with Crippen LogP contribution >= 0.6 is 0 Å². The van der Waals surface area contributed by atoms with Gasteiger partial charge in [-0.3, -0.25) is 9.35 Å². The van der Waals surface area contributed by atoms with E-state index in [1.165, 1.54) is 6.92 Å². The Bertz CT molecular complexity index is 226. The number of hydrogen-bond donors (Lipinski definition) is 2. The molecule has 0 unspecified atom stereocenters. The van der Waals surface area contributed by atoms with Crippen molar-refractivity contribution >= 4 is 67.4 Å². The number of nitrogens with one attached hydrogen (secondary N) is 1. The summed E-state index contributed by atoms with van der Waals surface area (Å²) in [4.78, 5) is 10.2. The number of rotatable bonds is 4. The third-order valence-corrected chi connectivity index (χ3v) is 1.76. The molecule has 0 aliphatic carbocycles. The molecule has 1 radical (unpaired) electrons. The molecule has 0 fully saturated rings. The van der Waals surface area contributed by atoms with E-state index in [1.54, 1.807) is 0 Å². The van der Waals surface area contributed by atoms with Crippen LogP contribution in [0.3, 0.4) is 0 Å². The van der Waals surface area contributed by atoms with Gasteiger partial charge in [0.2, 0.25) is 5.91 Å². The predicted octanol–water partition coefficient (Wildman–Crippen LogP) is -0.980. The standard InChI is InChI=1S/C5H11NO4S.K/c1-5(7)6-3-2-4-11(8,9)10;/h2-4H2,1H3,(H,6,7)(H,8,9,10);. The van der Waals surface area contributed by atoms with E-state index >= 15 is 0 Å². The molecule has 2 N–H and O–H groups in total. The summed E-state index contributed by atoms with van der Waals surface area (Å²) in [6.07, 6.45) is 0.235. The summed E-state index contributed by atoms with van der Waals surface area (Å²) in [6.45, 7) is 1.61. The number of carbonyl (C=O) groups excluding carboxylic acids is 1. The minimum absolute atomic E-state index is 0. The molecule has 7 heteroatoms. The summed E-state index contributed by atoms with van der Waals surface area (Å²) in [5, 5.41) is 2.40. The predicted molar refractivity (Wildman–Crippen MR) is 45.5 cm³/mol. The smallest absolute Gasteiger partial charge is 0.264 e. The molecule has 0 heterocycles. The van der Waals surface area contributed by atoms with Gasteiger partial charge in [-0.2, -0.15) is 8.42 Å². The molecule has 0 aromatic carbocycles. The van der Waals surface area contributed by atoms with E-state index in [1.807, 2.05) is 0 Å². The maximum absolute atomic E-state index is 10.2. The molecule has 0 bridgehead atoms. The molecular formula is C5H11KNO4S. The summed E-state index contributed by atoms with van der Waals surface area (Å²) < 4.78 is 28.5. The Kier molecular flexibility index (Phi) is 9.58. The fourth-order valence-electron chi connectivity index (χ4n) is 0.519. The van der Waals surface area contributed by atoms with Crippen LogP contribution in [0.4, 0.5) is 0 Å². The van der Waals surface area contributed by atoms with Gasteiger partial charge in [-0.1, -0.05) is 0 Å². The van der Waals surface area contributed by atoms with E-state index in [4.69, 9.17) is 4.55 Å². The van der Waals surface area contributed by atoms with Crippen molar-refractivity contribution in [3.63, 3.8) is 0 Å². The van der Waals surface area contributed by atoms with Crippen molar-refractivity contribution in [2.45, 2.75) is 13.3 Å². The zero-order valence-electron chi connectivity index (χ0n) is 7.20. The van der Waals surface area contributed by atoms with Gasteiger partial charge in [0.15, 0.2) is 0 Å². The average molecular weight is 220 g/mol. The summed E-state index contributed by atoms with van der Waals surface area (Å²) in [6, 6.07) is 0. The van der Waals surface area contributed by atoms with Gasteiger partial charge in [0, 0.05) is 64.9 Å². The molecule has 67 valence electrons. The normalized spacial score (nSPS) is 10.2. The molecule has 0 aliphatic heterocycles. The van der Waals surface area contributed by atoms with Crippen molar-refractivity contribution in [2.75, 3.05) is 12.3 Å². The zero-order valence-corrected chi connectivity index (χ0v) is 11.1. The van der Waals surface area contributed by atoms with Crippen LogP contribution < -0.4 is 5.32 Å². The van der Waals surface area contributed by atoms with Crippen LogP contribution in [-0.4, -0.2) is 82.6 Å². The van der Waals surface area contributed by atoms with Gasteiger partial charge in [0.05, 0.1) is 5.75 Å². The van der Waals surface area contributed by atoms with Gasteiger partial charge in [-0.05, 0) is 6.42 Å². The largest absolute Gasteiger partial charge is 0.356 e. The third-order valence-electron chi connectivity index (χ3n) is 0.953. The number of carbonyl (C=O) groups is 1. The van der Waals surface area contributed by atoms with E-state index in [-0.39, 0.29) is 76.0 Å². The summed E-state index contributed by atoms with van der Waals surface area (Å²) in [5.41, 5.74) is 0. The van der Waals surface area contributed by atoms with Crippen LogP contribution in [0.2, 0.25) is 0 Å². The van der Waals surface area contributed by atoms with Gasteiger partial charge < -0.3 is 5.32 Å². The molecule has 0 rings (SSSR count). The van der Waals surface area contributed by atoms with Crippen LogP contribution in [0.5, 0.6) is 0 Å².